The lowest BCUT2D eigenvalue weighted by Crippen LogP contribution is -2.46. The first-order valence-electron chi connectivity index (χ1n) is 6.14. The Hall–Kier alpha value is -1.31. The second kappa shape index (κ2) is 5.77. The van der Waals surface area contributed by atoms with Crippen molar-refractivity contribution in [1.29, 1.82) is 0 Å². The molecule has 1 saturated heterocycles. The Kier molecular flexibility index (Phi) is 4.28. The molecule has 19 heavy (non-hydrogen) atoms. The fourth-order valence-corrected chi connectivity index (χ4v) is 2.20. The number of hydrogen-bond acceptors (Lipinski definition) is 6. The molecule has 2 rings (SSSR count). The summed E-state index contributed by atoms with van der Waals surface area (Å²) in [4.78, 5) is 10.5. The van der Waals surface area contributed by atoms with Gasteiger partial charge in [0.05, 0.1) is 5.60 Å². The van der Waals surface area contributed by atoms with Gasteiger partial charge in [0.1, 0.15) is 10.7 Å². The summed E-state index contributed by atoms with van der Waals surface area (Å²) >= 11 is 4.89. The van der Waals surface area contributed by atoms with Crippen LogP contribution in [0.4, 0.5) is 5.95 Å². The summed E-state index contributed by atoms with van der Waals surface area (Å²) in [6.07, 6.45) is 2.85. The molecule has 0 radical (unpaired) electrons. The Morgan fingerprint density at radius 2 is 2.26 bits per heavy atom. The van der Waals surface area contributed by atoms with Crippen LogP contribution < -0.4 is 10.6 Å². The molecule has 0 aliphatic carbocycles. The van der Waals surface area contributed by atoms with E-state index < -0.39 is 5.60 Å². The Morgan fingerprint density at radius 1 is 1.58 bits per heavy atom. The van der Waals surface area contributed by atoms with E-state index in [4.69, 9.17) is 22.7 Å². The van der Waals surface area contributed by atoms with E-state index in [0.717, 1.165) is 0 Å². The van der Waals surface area contributed by atoms with Crippen molar-refractivity contribution in [3.05, 3.63) is 18.0 Å². The van der Waals surface area contributed by atoms with E-state index in [1.807, 2.05) is 11.9 Å². The smallest absolute Gasteiger partial charge is 0.225 e. The molecule has 6 nitrogen and oxygen atoms in total. The van der Waals surface area contributed by atoms with Crippen LogP contribution in [-0.4, -0.2) is 52.5 Å². The van der Waals surface area contributed by atoms with Crippen molar-refractivity contribution < 1.29 is 9.84 Å². The Labute approximate surface area is 117 Å². The maximum Gasteiger partial charge on any atom is 0.225 e. The first kappa shape index (κ1) is 14.1. The van der Waals surface area contributed by atoms with Gasteiger partial charge in [0.25, 0.3) is 0 Å². The van der Waals surface area contributed by atoms with Gasteiger partial charge in [-0.25, -0.2) is 9.97 Å². The zero-order valence-corrected chi connectivity index (χ0v) is 11.7. The maximum absolute atomic E-state index is 10.5. The van der Waals surface area contributed by atoms with Crippen molar-refractivity contribution >= 4 is 23.2 Å². The third-order valence-corrected chi connectivity index (χ3v) is 3.40. The highest BCUT2D eigenvalue weighted by Crippen LogP contribution is 2.22. The lowest BCUT2D eigenvalue weighted by Gasteiger charge is -2.35. The van der Waals surface area contributed by atoms with Gasteiger partial charge < -0.3 is 20.5 Å². The molecule has 0 aromatic carbocycles. The van der Waals surface area contributed by atoms with Gasteiger partial charge in [0, 0.05) is 45.8 Å². The summed E-state index contributed by atoms with van der Waals surface area (Å²) in [6.45, 7) is 1.62. The predicted molar refractivity (Wildman–Crippen MR) is 76.2 cm³/mol. The quantitative estimate of drug-likeness (QED) is 0.757. The largest absolute Gasteiger partial charge is 0.388 e. The van der Waals surface area contributed by atoms with Gasteiger partial charge in [-0.3, -0.25) is 0 Å². The molecule has 1 aromatic rings. The third-order valence-electron chi connectivity index (χ3n) is 3.19. The van der Waals surface area contributed by atoms with Crippen LogP contribution in [0, 0.1) is 0 Å². The maximum atomic E-state index is 10.5. The molecule has 0 amide bonds. The van der Waals surface area contributed by atoms with Gasteiger partial charge >= 0.3 is 0 Å². The first-order valence-corrected chi connectivity index (χ1v) is 6.55. The molecule has 1 aliphatic rings. The number of nitrogens with two attached hydrogens (primary N) is 1. The van der Waals surface area contributed by atoms with Crippen molar-refractivity contribution in [2.75, 3.05) is 31.7 Å². The molecule has 2 heterocycles. The van der Waals surface area contributed by atoms with Crippen molar-refractivity contribution in [2.45, 2.75) is 18.4 Å². The Balaban J connectivity index is 2.08. The molecular formula is C12H18N4O2S. The van der Waals surface area contributed by atoms with E-state index >= 15 is 0 Å². The van der Waals surface area contributed by atoms with E-state index in [-0.39, 0.29) is 4.99 Å². The van der Waals surface area contributed by atoms with Crippen molar-refractivity contribution in [2.24, 2.45) is 5.73 Å². The lowest BCUT2D eigenvalue weighted by molar-refractivity contribution is -0.0574. The molecule has 7 heteroatoms. The molecule has 1 aromatic heterocycles. The summed E-state index contributed by atoms with van der Waals surface area (Å²) in [5.74, 6) is 0.505. The normalized spacial score (nSPS) is 18.0. The summed E-state index contributed by atoms with van der Waals surface area (Å²) in [5, 5.41) is 10.5. The van der Waals surface area contributed by atoms with Gasteiger partial charge in [-0.15, -0.1) is 0 Å². The summed E-state index contributed by atoms with van der Waals surface area (Å²) in [7, 11) is 1.84. The van der Waals surface area contributed by atoms with Gasteiger partial charge in [-0.05, 0) is 6.07 Å². The SMILES string of the molecule is CN(CC1(O)CCOCC1)c1nccc(C(N)=S)n1. The van der Waals surface area contributed by atoms with Gasteiger partial charge in [0.15, 0.2) is 0 Å². The summed E-state index contributed by atoms with van der Waals surface area (Å²) < 4.78 is 5.26. The minimum Gasteiger partial charge on any atom is -0.388 e. The number of hydrogen-bond donors (Lipinski definition) is 2. The number of anilines is 1. The molecule has 1 fully saturated rings. The number of rotatable bonds is 4. The number of nitrogens with zero attached hydrogens (tertiary/aromatic N) is 3. The summed E-state index contributed by atoms with van der Waals surface area (Å²) in [5.41, 5.74) is 5.33. The fraction of sp³-hybridized carbons (Fsp3) is 0.583. The van der Waals surface area contributed by atoms with Crippen molar-refractivity contribution in [3.8, 4) is 0 Å². The molecule has 0 spiro atoms. The lowest BCUT2D eigenvalue weighted by atomic mass is 9.94. The number of aliphatic hydroxyl groups is 1. The second-order valence-electron chi connectivity index (χ2n) is 4.80. The molecule has 104 valence electrons. The van der Waals surface area contributed by atoms with Gasteiger partial charge in [-0.2, -0.15) is 0 Å². The molecule has 0 atom stereocenters. The number of thiocarbonyl (C=S) groups is 1. The van der Waals surface area contributed by atoms with Crippen LogP contribution in [0.2, 0.25) is 0 Å². The van der Waals surface area contributed by atoms with Crippen LogP contribution in [0.3, 0.4) is 0 Å². The van der Waals surface area contributed by atoms with Crippen LogP contribution in [0.1, 0.15) is 18.5 Å². The average molecular weight is 282 g/mol. The standard InChI is InChI=1S/C12H18N4O2S/c1-16(8-12(17)3-6-18-7-4-12)11-14-5-2-9(15-11)10(13)19/h2,5,17H,3-4,6-8H2,1H3,(H2,13,19). The van der Waals surface area contributed by atoms with Crippen LogP contribution in [0.15, 0.2) is 12.3 Å². The highest BCUT2D eigenvalue weighted by Gasteiger charge is 2.31. The van der Waals surface area contributed by atoms with Crippen molar-refractivity contribution in [1.82, 2.24) is 9.97 Å². The number of likely N-dealkylation sites (N-methyl/N-ethyl adjacent to an activating group) is 1. The molecule has 0 saturated carbocycles. The Morgan fingerprint density at radius 3 is 2.89 bits per heavy atom. The summed E-state index contributed by atoms with van der Waals surface area (Å²) in [6, 6.07) is 1.67. The zero-order chi connectivity index (χ0) is 13.9. The van der Waals surface area contributed by atoms with E-state index in [2.05, 4.69) is 9.97 Å². The number of ether oxygens (including phenoxy) is 1. The van der Waals surface area contributed by atoms with E-state index in [1.165, 1.54) is 0 Å². The molecule has 0 bridgehead atoms. The van der Waals surface area contributed by atoms with Crippen molar-refractivity contribution in [3.63, 3.8) is 0 Å². The minimum atomic E-state index is -0.754. The van der Waals surface area contributed by atoms with Gasteiger partial charge in [-0.1, -0.05) is 12.2 Å². The topological polar surface area (TPSA) is 84.5 Å². The molecule has 1 aliphatic heterocycles. The molecular weight excluding hydrogens is 264 g/mol. The fourth-order valence-electron chi connectivity index (χ4n) is 2.09. The average Bonchev–Trinajstić information content (AvgIpc) is 2.39. The van der Waals surface area contributed by atoms with E-state index in [0.29, 0.717) is 44.2 Å². The predicted octanol–water partition coefficient (Wildman–Crippen LogP) is 0.0885. The van der Waals surface area contributed by atoms with E-state index in [9.17, 15) is 5.11 Å². The van der Waals surface area contributed by atoms with Gasteiger partial charge in [0.2, 0.25) is 5.95 Å². The zero-order valence-electron chi connectivity index (χ0n) is 10.9. The van der Waals surface area contributed by atoms with E-state index in [1.54, 1.807) is 12.3 Å². The number of aromatic nitrogens is 2. The highest BCUT2D eigenvalue weighted by molar-refractivity contribution is 7.80. The van der Waals surface area contributed by atoms with Crippen LogP contribution in [0.25, 0.3) is 0 Å². The second-order valence-corrected chi connectivity index (χ2v) is 5.24. The third kappa shape index (κ3) is 3.59. The molecule has 0 unspecified atom stereocenters. The highest BCUT2D eigenvalue weighted by atomic mass is 32.1. The minimum absolute atomic E-state index is 0.238. The van der Waals surface area contributed by atoms with Crippen LogP contribution in [-0.2, 0) is 4.74 Å². The Bertz CT molecular complexity index is 463. The van der Waals surface area contributed by atoms with Crippen LogP contribution in [0.5, 0.6) is 0 Å². The molecule has 3 N–H and O–H groups in total. The first-order chi connectivity index (χ1) is 9.00. The monoisotopic (exact) mass is 282 g/mol. The van der Waals surface area contributed by atoms with Crippen LogP contribution >= 0.6 is 12.2 Å².